The van der Waals surface area contributed by atoms with E-state index in [-0.39, 0.29) is 0 Å². The lowest BCUT2D eigenvalue weighted by molar-refractivity contribution is 0.276. The molecule has 13 heavy (non-hydrogen) atoms. The van der Waals surface area contributed by atoms with Gasteiger partial charge < -0.3 is 9.47 Å². The van der Waals surface area contributed by atoms with Crippen LogP contribution in [0.15, 0.2) is 16.7 Å². The Hall–Kier alpha value is -0.770. The summed E-state index contributed by atoms with van der Waals surface area (Å²) in [5, 5.41) is 0. The SMILES string of the molecule is COc1nc(Br)ccc1OC1CC1. The first-order valence-electron chi connectivity index (χ1n) is 4.17. The summed E-state index contributed by atoms with van der Waals surface area (Å²) >= 11 is 3.27. The molecule has 3 nitrogen and oxygen atoms in total. The van der Waals surface area contributed by atoms with Crippen molar-refractivity contribution in [3.63, 3.8) is 0 Å². The van der Waals surface area contributed by atoms with Gasteiger partial charge in [0.15, 0.2) is 5.75 Å². The van der Waals surface area contributed by atoms with Crippen molar-refractivity contribution in [2.24, 2.45) is 0 Å². The molecule has 70 valence electrons. The highest BCUT2D eigenvalue weighted by molar-refractivity contribution is 9.10. The second kappa shape index (κ2) is 3.54. The van der Waals surface area contributed by atoms with Crippen molar-refractivity contribution in [2.45, 2.75) is 18.9 Å². The Balaban J connectivity index is 2.21. The number of nitrogens with zero attached hydrogens (tertiary/aromatic N) is 1. The molecular weight excluding hydrogens is 234 g/mol. The molecule has 4 heteroatoms. The lowest BCUT2D eigenvalue weighted by Gasteiger charge is -2.08. The minimum Gasteiger partial charge on any atom is -0.485 e. The molecule has 0 aromatic carbocycles. The highest BCUT2D eigenvalue weighted by Crippen LogP contribution is 2.32. The van der Waals surface area contributed by atoms with Crippen LogP contribution in [-0.2, 0) is 0 Å². The number of methoxy groups -OCH3 is 1. The Morgan fingerprint density at radius 2 is 2.23 bits per heavy atom. The first-order chi connectivity index (χ1) is 6.29. The fourth-order valence-corrected chi connectivity index (χ4v) is 1.30. The van der Waals surface area contributed by atoms with Crippen LogP contribution in [0.5, 0.6) is 11.6 Å². The summed E-state index contributed by atoms with van der Waals surface area (Å²) in [4.78, 5) is 4.14. The Morgan fingerprint density at radius 3 is 2.85 bits per heavy atom. The number of hydrogen-bond donors (Lipinski definition) is 0. The number of rotatable bonds is 3. The van der Waals surface area contributed by atoms with E-state index >= 15 is 0 Å². The minimum atomic E-state index is 0.372. The van der Waals surface area contributed by atoms with Crippen molar-refractivity contribution in [2.75, 3.05) is 7.11 Å². The predicted molar refractivity (Wildman–Crippen MR) is 52.1 cm³/mol. The van der Waals surface area contributed by atoms with Crippen molar-refractivity contribution in [1.82, 2.24) is 4.98 Å². The summed E-state index contributed by atoms with van der Waals surface area (Å²) in [6.45, 7) is 0. The normalized spacial score (nSPS) is 15.5. The molecule has 1 heterocycles. The molecule has 0 amide bonds. The van der Waals surface area contributed by atoms with Gasteiger partial charge in [0.2, 0.25) is 0 Å². The predicted octanol–water partition coefficient (Wildman–Crippen LogP) is 2.39. The fraction of sp³-hybridized carbons (Fsp3) is 0.444. The summed E-state index contributed by atoms with van der Waals surface area (Å²) in [6.07, 6.45) is 2.65. The van der Waals surface area contributed by atoms with Gasteiger partial charge >= 0.3 is 0 Å². The largest absolute Gasteiger partial charge is 0.485 e. The van der Waals surface area contributed by atoms with Crippen molar-refractivity contribution in [3.8, 4) is 11.6 Å². The average molecular weight is 244 g/mol. The summed E-state index contributed by atoms with van der Waals surface area (Å²) in [5.41, 5.74) is 0. The quantitative estimate of drug-likeness (QED) is 0.765. The average Bonchev–Trinajstić information content (AvgIpc) is 2.92. The lowest BCUT2D eigenvalue weighted by Crippen LogP contribution is -1.99. The van der Waals surface area contributed by atoms with Gasteiger partial charge in [-0.3, -0.25) is 0 Å². The molecule has 0 radical (unpaired) electrons. The van der Waals surface area contributed by atoms with Crippen molar-refractivity contribution < 1.29 is 9.47 Å². The van der Waals surface area contributed by atoms with E-state index in [4.69, 9.17) is 9.47 Å². The van der Waals surface area contributed by atoms with Gasteiger partial charge in [-0.2, -0.15) is 0 Å². The van der Waals surface area contributed by atoms with Crippen molar-refractivity contribution >= 4 is 15.9 Å². The van der Waals surface area contributed by atoms with Gasteiger partial charge in [0, 0.05) is 0 Å². The van der Waals surface area contributed by atoms with Crippen molar-refractivity contribution in [3.05, 3.63) is 16.7 Å². The maximum atomic E-state index is 5.59. The summed E-state index contributed by atoms with van der Waals surface area (Å²) in [5.74, 6) is 1.27. The molecule has 0 saturated heterocycles. The zero-order valence-corrected chi connectivity index (χ0v) is 8.87. The third-order valence-electron chi connectivity index (χ3n) is 1.80. The van der Waals surface area contributed by atoms with E-state index in [0.717, 1.165) is 23.2 Å². The topological polar surface area (TPSA) is 31.4 Å². The van der Waals surface area contributed by atoms with Gasteiger partial charge in [-0.1, -0.05) is 0 Å². The Morgan fingerprint density at radius 1 is 1.46 bits per heavy atom. The first-order valence-corrected chi connectivity index (χ1v) is 4.96. The maximum Gasteiger partial charge on any atom is 0.257 e. The third kappa shape index (κ3) is 2.12. The molecule has 1 aliphatic carbocycles. The molecule has 0 bridgehead atoms. The van der Waals surface area contributed by atoms with Crippen LogP contribution in [0.4, 0.5) is 0 Å². The van der Waals surface area contributed by atoms with Crippen LogP contribution in [0.25, 0.3) is 0 Å². The second-order valence-electron chi connectivity index (χ2n) is 2.96. The van der Waals surface area contributed by atoms with E-state index < -0.39 is 0 Å². The zero-order chi connectivity index (χ0) is 9.26. The number of ether oxygens (including phenoxy) is 2. The summed E-state index contributed by atoms with van der Waals surface area (Å²) < 4.78 is 11.4. The number of pyridine rings is 1. The second-order valence-corrected chi connectivity index (χ2v) is 3.77. The van der Waals surface area contributed by atoms with E-state index in [2.05, 4.69) is 20.9 Å². The van der Waals surface area contributed by atoms with Crippen LogP contribution >= 0.6 is 15.9 Å². The smallest absolute Gasteiger partial charge is 0.257 e. The molecule has 1 aliphatic rings. The molecule has 0 spiro atoms. The van der Waals surface area contributed by atoms with Gasteiger partial charge in [-0.05, 0) is 40.9 Å². The van der Waals surface area contributed by atoms with Gasteiger partial charge in [0.05, 0.1) is 13.2 Å². The molecule has 1 fully saturated rings. The molecule has 0 N–H and O–H groups in total. The Kier molecular flexibility index (Phi) is 2.40. The first kappa shape index (κ1) is 8.81. The van der Waals surface area contributed by atoms with Crippen LogP contribution < -0.4 is 9.47 Å². The van der Waals surface area contributed by atoms with E-state index in [1.165, 1.54) is 0 Å². The van der Waals surface area contributed by atoms with E-state index in [1.807, 2.05) is 12.1 Å². The van der Waals surface area contributed by atoms with Gasteiger partial charge in [-0.15, -0.1) is 0 Å². The monoisotopic (exact) mass is 243 g/mol. The van der Waals surface area contributed by atoms with Gasteiger partial charge in [0.1, 0.15) is 4.60 Å². The molecule has 0 atom stereocenters. The van der Waals surface area contributed by atoms with Gasteiger partial charge in [-0.25, -0.2) is 4.98 Å². The van der Waals surface area contributed by atoms with Gasteiger partial charge in [0.25, 0.3) is 5.88 Å². The number of aromatic nitrogens is 1. The molecule has 1 saturated carbocycles. The van der Waals surface area contributed by atoms with E-state index in [9.17, 15) is 0 Å². The third-order valence-corrected chi connectivity index (χ3v) is 2.24. The molecular formula is C9H10BrNO2. The molecule has 1 aromatic rings. The maximum absolute atomic E-state index is 5.59. The molecule has 0 aliphatic heterocycles. The lowest BCUT2D eigenvalue weighted by atomic mass is 10.4. The van der Waals surface area contributed by atoms with Crippen LogP contribution in [0.2, 0.25) is 0 Å². The Bertz CT molecular complexity index is 312. The van der Waals surface area contributed by atoms with Crippen LogP contribution in [-0.4, -0.2) is 18.2 Å². The Labute approximate surface area is 85.2 Å². The van der Waals surface area contributed by atoms with Crippen LogP contribution in [0, 0.1) is 0 Å². The van der Waals surface area contributed by atoms with E-state index in [1.54, 1.807) is 7.11 Å². The van der Waals surface area contributed by atoms with E-state index in [0.29, 0.717) is 12.0 Å². The minimum absolute atomic E-state index is 0.372. The molecule has 2 rings (SSSR count). The standard InChI is InChI=1S/C9H10BrNO2/c1-12-9-7(13-6-2-3-6)4-5-8(10)11-9/h4-6H,2-3H2,1H3. The number of halogens is 1. The fourth-order valence-electron chi connectivity index (χ4n) is 1.01. The van der Waals surface area contributed by atoms with Crippen LogP contribution in [0.1, 0.15) is 12.8 Å². The highest BCUT2D eigenvalue weighted by Gasteiger charge is 2.25. The van der Waals surface area contributed by atoms with Crippen LogP contribution in [0.3, 0.4) is 0 Å². The summed E-state index contributed by atoms with van der Waals surface area (Å²) in [6, 6.07) is 3.72. The number of hydrogen-bond acceptors (Lipinski definition) is 3. The zero-order valence-electron chi connectivity index (χ0n) is 7.29. The highest BCUT2D eigenvalue weighted by atomic mass is 79.9. The molecule has 1 aromatic heterocycles. The van der Waals surface area contributed by atoms with Crippen molar-refractivity contribution in [1.29, 1.82) is 0 Å². The summed E-state index contributed by atoms with van der Waals surface area (Å²) in [7, 11) is 1.59. The molecule has 0 unspecified atom stereocenters.